The number of amides is 2. The molecule has 0 saturated carbocycles. The van der Waals surface area contributed by atoms with E-state index in [4.69, 9.17) is 4.74 Å². The van der Waals surface area contributed by atoms with Gasteiger partial charge < -0.3 is 14.5 Å². The molecule has 0 N–H and O–H groups in total. The van der Waals surface area contributed by atoms with Gasteiger partial charge >= 0.3 is 5.97 Å². The molecule has 8 heteroatoms. The second-order valence-corrected chi connectivity index (χ2v) is 8.41. The molecule has 6 nitrogen and oxygen atoms in total. The average molecular weight is 449 g/mol. The number of carbonyl (C=O) groups is 3. The number of thiophene rings is 1. The van der Waals surface area contributed by atoms with Crippen molar-refractivity contribution in [3.8, 4) is 0 Å². The Balaban J connectivity index is 2.10. The van der Waals surface area contributed by atoms with Crippen LogP contribution >= 0.6 is 11.3 Å². The van der Waals surface area contributed by atoms with E-state index >= 15 is 0 Å². The first-order valence-electron chi connectivity index (χ1n) is 10.3. The molecule has 1 heterocycles. The molecule has 168 valence electrons. The lowest BCUT2D eigenvalue weighted by Gasteiger charge is -2.30. The number of nitrogens with zero attached hydrogens (tertiary/aromatic N) is 2. The van der Waals surface area contributed by atoms with Crippen LogP contribution in [0.3, 0.4) is 0 Å². The van der Waals surface area contributed by atoms with Crippen LogP contribution in [-0.2, 0) is 32.2 Å². The second-order valence-electron chi connectivity index (χ2n) is 7.38. The van der Waals surface area contributed by atoms with Crippen molar-refractivity contribution in [1.82, 2.24) is 9.80 Å². The molecule has 2 aromatic rings. The summed E-state index contributed by atoms with van der Waals surface area (Å²) in [5.41, 5.74) is 0.802. The van der Waals surface area contributed by atoms with Gasteiger partial charge in [-0.15, -0.1) is 11.3 Å². The first kappa shape index (κ1) is 24.5. The Kier molecular flexibility index (Phi) is 9.65. The zero-order chi connectivity index (χ0) is 22.8. The fraction of sp³-hybridized carbons (Fsp3) is 0.435. The standard InChI is InChI=1S/C23H29FN2O4S/c1-4-30-23(29)12-11-21(27)26(17(2)3)16-22(28)25(15-20-6-5-13-31-20)14-18-7-9-19(24)10-8-18/h5-10,13,17H,4,11-12,14-16H2,1-3H3. The van der Waals surface area contributed by atoms with Crippen LogP contribution in [-0.4, -0.2) is 46.8 Å². The molecule has 0 aliphatic heterocycles. The maximum Gasteiger partial charge on any atom is 0.306 e. The van der Waals surface area contributed by atoms with Gasteiger partial charge in [-0.25, -0.2) is 4.39 Å². The van der Waals surface area contributed by atoms with Gasteiger partial charge in [0.1, 0.15) is 5.82 Å². The second kappa shape index (κ2) is 12.2. The number of ether oxygens (including phenoxy) is 1. The van der Waals surface area contributed by atoms with Gasteiger partial charge in [0.15, 0.2) is 0 Å². The minimum absolute atomic E-state index is 0.00677. The SMILES string of the molecule is CCOC(=O)CCC(=O)N(CC(=O)N(Cc1ccc(F)cc1)Cc1cccs1)C(C)C. The third-order valence-corrected chi connectivity index (χ3v) is 5.52. The number of carbonyl (C=O) groups excluding carboxylic acids is 3. The zero-order valence-corrected chi connectivity index (χ0v) is 19.0. The van der Waals surface area contributed by atoms with E-state index in [0.717, 1.165) is 10.4 Å². The van der Waals surface area contributed by atoms with Crippen molar-refractivity contribution >= 4 is 29.1 Å². The van der Waals surface area contributed by atoms with Gasteiger partial charge in [0.2, 0.25) is 11.8 Å². The van der Waals surface area contributed by atoms with Crippen molar-refractivity contribution in [1.29, 1.82) is 0 Å². The van der Waals surface area contributed by atoms with Crippen LogP contribution in [0.25, 0.3) is 0 Å². The summed E-state index contributed by atoms with van der Waals surface area (Å²) in [4.78, 5) is 41.6. The summed E-state index contributed by atoms with van der Waals surface area (Å²) < 4.78 is 18.1. The quantitative estimate of drug-likeness (QED) is 0.488. The highest BCUT2D eigenvalue weighted by molar-refractivity contribution is 7.09. The van der Waals surface area contributed by atoms with Crippen LogP contribution in [0.5, 0.6) is 0 Å². The third-order valence-electron chi connectivity index (χ3n) is 4.66. The van der Waals surface area contributed by atoms with Crippen molar-refractivity contribution in [3.63, 3.8) is 0 Å². The van der Waals surface area contributed by atoms with Crippen LogP contribution in [0.4, 0.5) is 4.39 Å². The summed E-state index contributed by atoms with van der Waals surface area (Å²) in [6.45, 7) is 6.25. The summed E-state index contributed by atoms with van der Waals surface area (Å²) in [6.07, 6.45) is -0.0221. The van der Waals surface area contributed by atoms with Crippen molar-refractivity contribution in [2.24, 2.45) is 0 Å². The predicted molar refractivity (Wildman–Crippen MR) is 118 cm³/mol. The smallest absolute Gasteiger partial charge is 0.306 e. The first-order chi connectivity index (χ1) is 14.8. The molecule has 0 atom stereocenters. The Morgan fingerprint density at radius 3 is 2.32 bits per heavy atom. The van der Waals surface area contributed by atoms with Crippen molar-refractivity contribution in [3.05, 3.63) is 58.0 Å². The highest BCUT2D eigenvalue weighted by atomic mass is 32.1. The Labute approximate surface area is 186 Å². The molecule has 0 radical (unpaired) electrons. The van der Waals surface area contributed by atoms with E-state index in [-0.39, 0.29) is 49.7 Å². The normalized spacial score (nSPS) is 10.7. The monoisotopic (exact) mass is 448 g/mol. The summed E-state index contributed by atoms with van der Waals surface area (Å²) >= 11 is 1.54. The summed E-state index contributed by atoms with van der Waals surface area (Å²) in [5.74, 6) is -1.25. The lowest BCUT2D eigenvalue weighted by atomic mass is 10.2. The van der Waals surface area contributed by atoms with Crippen LogP contribution in [0.1, 0.15) is 44.1 Å². The molecule has 2 amide bonds. The number of halogens is 1. The molecule has 0 unspecified atom stereocenters. The summed E-state index contributed by atoms with van der Waals surface area (Å²) in [5, 5.41) is 1.94. The molecule has 2 rings (SSSR count). The summed E-state index contributed by atoms with van der Waals surface area (Å²) in [7, 11) is 0. The molecule has 0 fully saturated rings. The largest absolute Gasteiger partial charge is 0.466 e. The molecule has 0 aliphatic carbocycles. The van der Waals surface area contributed by atoms with E-state index in [1.54, 1.807) is 35.3 Å². The molecule has 0 spiro atoms. The molecule has 0 aliphatic rings. The first-order valence-corrected chi connectivity index (χ1v) is 11.2. The van der Waals surface area contributed by atoms with E-state index in [0.29, 0.717) is 13.1 Å². The van der Waals surface area contributed by atoms with Crippen LogP contribution < -0.4 is 0 Å². The molecule has 1 aromatic heterocycles. The van der Waals surface area contributed by atoms with Gasteiger partial charge in [0, 0.05) is 23.9 Å². The Bertz CT molecular complexity index is 853. The van der Waals surface area contributed by atoms with E-state index in [2.05, 4.69) is 0 Å². The summed E-state index contributed by atoms with van der Waals surface area (Å²) in [6, 6.07) is 9.68. The van der Waals surface area contributed by atoms with Gasteiger partial charge in [-0.3, -0.25) is 14.4 Å². The zero-order valence-electron chi connectivity index (χ0n) is 18.2. The number of hydrogen-bond donors (Lipinski definition) is 0. The van der Waals surface area contributed by atoms with E-state index in [1.165, 1.54) is 17.0 Å². The van der Waals surface area contributed by atoms with Gasteiger partial charge in [-0.2, -0.15) is 0 Å². The maximum absolute atomic E-state index is 13.3. The molecule has 0 saturated heterocycles. The third kappa shape index (κ3) is 8.13. The van der Waals surface area contributed by atoms with Gasteiger partial charge in [-0.1, -0.05) is 18.2 Å². The van der Waals surface area contributed by atoms with Crippen LogP contribution in [0.2, 0.25) is 0 Å². The van der Waals surface area contributed by atoms with Crippen molar-refractivity contribution in [2.45, 2.75) is 52.7 Å². The molecular formula is C23H29FN2O4S. The van der Waals surface area contributed by atoms with Crippen molar-refractivity contribution < 1.29 is 23.5 Å². The van der Waals surface area contributed by atoms with E-state index in [9.17, 15) is 18.8 Å². The number of esters is 1. The number of hydrogen-bond acceptors (Lipinski definition) is 5. The fourth-order valence-electron chi connectivity index (χ4n) is 3.02. The average Bonchev–Trinajstić information content (AvgIpc) is 3.24. The molecular weight excluding hydrogens is 419 g/mol. The van der Waals surface area contributed by atoms with Crippen LogP contribution in [0, 0.1) is 5.82 Å². The maximum atomic E-state index is 13.3. The molecule has 31 heavy (non-hydrogen) atoms. The van der Waals surface area contributed by atoms with Gasteiger partial charge in [0.25, 0.3) is 0 Å². The fourth-order valence-corrected chi connectivity index (χ4v) is 3.74. The number of benzene rings is 1. The lowest BCUT2D eigenvalue weighted by molar-refractivity contribution is -0.147. The van der Waals surface area contributed by atoms with Crippen LogP contribution in [0.15, 0.2) is 41.8 Å². The lowest BCUT2D eigenvalue weighted by Crippen LogP contribution is -2.45. The number of rotatable bonds is 11. The van der Waals surface area contributed by atoms with E-state index in [1.807, 2.05) is 31.4 Å². The highest BCUT2D eigenvalue weighted by Crippen LogP contribution is 2.16. The Hall–Kier alpha value is -2.74. The Morgan fingerprint density at radius 2 is 1.74 bits per heavy atom. The van der Waals surface area contributed by atoms with Gasteiger partial charge in [0.05, 0.1) is 26.1 Å². The molecule has 1 aromatic carbocycles. The molecule has 0 bridgehead atoms. The Morgan fingerprint density at radius 1 is 1.03 bits per heavy atom. The van der Waals surface area contributed by atoms with Crippen molar-refractivity contribution in [2.75, 3.05) is 13.2 Å². The minimum Gasteiger partial charge on any atom is -0.466 e. The minimum atomic E-state index is -0.429. The highest BCUT2D eigenvalue weighted by Gasteiger charge is 2.24. The van der Waals surface area contributed by atoms with Gasteiger partial charge in [-0.05, 0) is 49.9 Å². The van der Waals surface area contributed by atoms with E-state index < -0.39 is 5.97 Å². The predicted octanol–water partition coefficient (Wildman–Crippen LogP) is 4.00. The topological polar surface area (TPSA) is 66.9 Å².